The van der Waals surface area contributed by atoms with Crippen LogP contribution < -0.4 is 9.62 Å². The lowest BCUT2D eigenvalue weighted by Gasteiger charge is -2.32. The average Bonchev–Trinajstić information content (AvgIpc) is 3.37. The molecule has 2 aromatic rings. The molecule has 2 amide bonds. The molecule has 0 heterocycles. The highest BCUT2D eigenvalue weighted by Gasteiger charge is 2.31. The molecule has 10 heteroatoms. The first-order chi connectivity index (χ1) is 18.0. The van der Waals surface area contributed by atoms with Crippen molar-refractivity contribution in [1.82, 2.24) is 10.2 Å². The van der Waals surface area contributed by atoms with Gasteiger partial charge in [0.25, 0.3) is 0 Å². The average molecular weight is 583 g/mol. The number of hydrogen-bond donors (Lipinski definition) is 1. The number of nitrogens with one attached hydrogen (secondary N) is 1. The molecule has 38 heavy (non-hydrogen) atoms. The van der Waals surface area contributed by atoms with Gasteiger partial charge >= 0.3 is 0 Å². The Morgan fingerprint density at radius 2 is 1.74 bits per heavy atom. The van der Waals surface area contributed by atoms with E-state index in [0.717, 1.165) is 37.5 Å². The minimum Gasteiger partial charge on any atom is -0.352 e. The van der Waals surface area contributed by atoms with Crippen molar-refractivity contribution in [3.05, 3.63) is 63.6 Å². The number of anilines is 1. The number of carbonyl (C=O) groups is 2. The molecule has 0 unspecified atom stereocenters. The maximum absolute atomic E-state index is 13.6. The van der Waals surface area contributed by atoms with E-state index in [0.29, 0.717) is 27.7 Å². The molecular weight excluding hydrogens is 545 g/mol. The minimum absolute atomic E-state index is 0.0897. The van der Waals surface area contributed by atoms with Gasteiger partial charge in [-0.25, -0.2) is 8.42 Å². The highest BCUT2D eigenvalue weighted by molar-refractivity contribution is 7.92. The van der Waals surface area contributed by atoms with E-state index in [1.807, 2.05) is 19.1 Å². The molecule has 3 rings (SSSR count). The summed E-state index contributed by atoms with van der Waals surface area (Å²) in [7, 11) is -3.60. The Hall–Kier alpha value is -2.29. The van der Waals surface area contributed by atoms with Gasteiger partial charge in [0, 0.05) is 35.6 Å². The lowest BCUT2D eigenvalue weighted by molar-refractivity contribution is -0.141. The van der Waals surface area contributed by atoms with Crippen LogP contribution in [0.15, 0.2) is 42.5 Å². The van der Waals surface area contributed by atoms with Crippen LogP contribution in [-0.2, 0) is 26.2 Å². The van der Waals surface area contributed by atoms with Crippen molar-refractivity contribution in [2.24, 2.45) is 0 Å². The quantitative estimate of drug-likeness (QED) is 0.347. The molecule has 0 radical (unpaired) electrons. The third-order valence-corrected chi connectivity index (χ3v) is 8.85. The number of halogens is 2. The first kappa shape index (κ1) is 30.3. The van der Waals surface area contributed by atoms with Crippen molar-refractivity contribution in [1.29, 1.82) is 0 Å². The SMILES string of the molecule is CC[C@H](C(=O)NC1CCCC1)N(Cc1ccc(Cl)cc1)C(=O)CCCN(c1cccc(Cl)c1C)S(C)(=O)=O. The molecule has 7 nitrogen and oxygen atoms in total. The summed E-state index contributed by atoms with van der Waals surface area (Å²) in [6, 6.07) is 11.9. The minimum atomic E-state index is -3.60. The number of hydrogen-bond acceptors (Lipinski definition) is 4. The zero-order chi connectivity index (χ0) is 27.9. The monoisotopic (exact) mass is 581 g/mol. The number of carbonyl (C=O) groups excluding carboxylic acids is 2. The standard InChI is InChI=1S/C28H37Cl2N3O4S/c1-4-25(28(35)31-23-9-5-6-10-23)32(19-21-14-16-22(29)17-15-21)27(34)13-8-18-33(38(3,36)37)26-12-7-11-24(30)20(26)2/h7,11-12,14-17,23,25H,4-6,8-10,13,18-19H2,1-3H3,(H,31,35)/t25-/m1/s1. The molecule has 0 aliphatic heterocycles. The lowest BCUT2D eigenvalue weighted by Crippen LogP contribution is -2.51. The second kappa shape index (κ2) is 13.7. The Morgan fingerprint density at radius 1 is 1.08 bits per heavy atom. The molecule has 2 aromatic carbocycles. The van der Waals surface area contributed by atoms with Crippen LogP contribution in [0.2, 0.25) is 10.0 Å². The summed E-state index contributed by atoms with van der Waals surface area (Å²) >= 11 is 12.3. The number of amides is 2. The van der Waals surface area contributed by atoms with Gasteiger partial charge in [-0.05, 0) is 68.0 Å². The first-order valence-electron chi connectivity index (χ1n) is 13.1. The summed E-state index contributed by atoms with van der Waals surface area (Å²) in [5.41, 5.74) is 2.01. The second-order valence-corrected chi connectivity index (χ2v) is 12.6. The van der Waals surface area contributed by atoms with E-state index in [-0.39, 0.29) is 43.8 Å². The van der Waals surface area contributed by atoms with Gasteiger partial charge in [0.05, 0.1) is 11.9 Å². The number of rotatable bonds is 12. The number of sulfonamides is 1. The number of nitrogens with zero attached hydrogens (tertiary/aromatic N) is 2. The van der Waals surface area contributed by atoms with Gasteiger partial charge in [-0.15, -0.1) is 0 Å². The maximum Gasteiger partial charge on any atom is 0.243 e. The fraction of sp³-hybridized carbons (Fsp3) is 0.500. The van der Waals surface area contributed by atoms with Crippen LogP contribution in [0, 0.1) is 6.92 Å². The lowest BCUT2D eigenvalue weighted by atomic mass is 10.1. The summed E-state index contributed by atoms with van der Waals surface area (Å²) < 4.78 is 26.5. The van der Waals surface area contributed by atoms with Crippen LogP contribution in [0.5, 0.6) is 0 Å². The third-order valence-electron chi connectivity index (χ3n) is 7.01. The molecule has 1 aliphatic rings. The molecule has 1 N–H and O–H groups in total. The van der Waals surface area contributed by atoms with Gasteiger partial charge in [-0.2, -0.15) is 0 Å². The largest absolute Gasteiger partial charge is 0.352 e. The maximum atomic E-state index is 13.6. The molecule has 208 valence electrons. The van der Waals surface area contributed by atoms with Crippen molar-refractivity contribution in [3.8, 4) is 0 Å². The molecular formula is C28H37Cl2N3O4S. The van der Waals surface area contributed by atoms with Crippen molar-refractivity contribution in [2.45, 2.75) is 77.4 Å². The first-order valence-corrected chi connectivity index (χ1v) is 15.7. The smallest absolute Gasteiger partial charge is 0.243 e. The van der Waals surface area contributed by atoms with E-state index in [1.54, 1.807) is 42.2 Å². The van der Waals surface area contributed by atoms with Gasteiger partial charge in [-0.1, -0.05) is 61.2 Å². The molecule has 1 atom stereocenters. The summed E-state index contributed by atoms with van der Waals surface area (Å²) in [6.45, 7) is 4.04. The van der Waals surface area contributed by atoms with Crippen LogP contribution in [0.3, 0.4) is 0 Å². The summed E-state index contributed by atoms with van der Waals surface area (Å²) in [5, 5.41) is 4.20. The van der Waals surface area contributed by atoms with E-state index in [9.17, 15) is 18.0 Å². The Bertz CT molecular complexity index is 1220. The Labute approximate surface area is 236 Å². The highest BCUT2D eigenvalue weighted by Crippen LogP contribution is 2.29. The fourth-order valence-electron chi connectivity index (χ4n) is 4.92. The van der Waals surface area contributed by atoms with E-state index >= 15 is 0 Å². The molecule has 0 aromatic heterocycles. The van der Waals surface area contributed by atoms with Gasteiger partial charge in [-0.3, -0.25) is 13.9 Å². The zero-order valence-corrected chi connectivity index (χ0v) is 24.6. The normalized spacial score (nSPS) is 14.8. The summed E-state index contributed by atoms with van der Waals surface area (Å²) in [6.07, 6.45) is 6.09. The van der Waals surface area contributed by atoms with Gasteiger partial charge in [0.1, 0.15) is 6.04 Å². The van der Waals surface area contributed by atoms with Crippen LogP contribution >= 0.6 is 23.2 Å². The van der Waals surface area contributed by atoms with Crippen molar-refractivity contribution >= 4 is 50.7 Å². The van der Waals surface area contributed by atoms with E-state index in [1.165, 1.54) is 4.31 Å². The van der Waals surface area contributed by atoms with Gasteiger partial charge in [0.15, 0.2) is 0 Å². The van der Waals surface area contributed by atoms with Crippen LogP contribution in [0.1, 0.15) is 63.0 Å². The predicted molar refractivity (Wildman–Crippen MR) is 154 cm³/mol. The topological polar surface area (TPSA) is 86.8 Å². The summed E-state index contributed by atoms with van der Waals surface area (Å²) in [4.78, 5) is 28.5. The Morgan fingerprint density at radius 3 is 2.34 bits per heavy atom. The molecule has 1 aliphatic carbocycles. The molecule has 1 saturated carbocycles. The molecule has 0 spiro atoms. The van der Waals surface area contributed by atoms with Crippen LogP contribution in [-0.4, -0.2) is 50.0 Å². The fourth-order valence-corrected chi connectivity index (χ4v) is 6.23. The van der Waals surface area contributed by atoms with Gasteiger partial charge in [0.2, 0.25) is 21.8 Å². The second-order valence-electron chi connectivity index (χ2n) is 9.88. The van der Waals surface area contributed by atoms with Crippen molar-refractivity contribution in [2.75, 3.05) is 17.1 Å². The van der Waals surface area contributed by atoms with Crippen LogP contribution in [0.4, 0.5) is 5.69 Å². The summed E-state index contributed by atoms with van der Waals surface area (Å²) in [5.74, 6) is -0.348. The molecule has 0 saturated heterocycles. The van der Waals surface area contributed by atoms with Gasteiger partial charge < -0.3 is 10.2 Å². The van der Waals surface area contributed by atoms with E-state index in [2.05, 4.69) is 5.32 Å². The molecule has 1 fully saturated rings. The van der Waals surface area contributed by atoms with Crippen LogP contribution in [0.25, 0.3) is 0 Å². The zero-order valence-electron chi connectivity index (χ0n) is 22.3. The molecule has 0 bridgehead atoms. The van der Waals surface area contributed by atoms with Crippen molar-refractivity contribution < 1.29 is 18.0 Å². The Kier molecular flexibility index (Phi) is 10.9. The number of benzene rings is 2. The van der Waals surface area contributed by atoms with E-state index < -0.39 is 16.1 Å². The highest BCUT2D eigenvalue weighted by atomic mass is 35.5. The van der Waals surface area contributed by atoms with E-state index in [4.69, 9.17) is 23.2 Å². The van der Waals surface area contributed by atoms with Crippen molar-refractivity contribution in [3.63, 3.8) is 0 Å². The predicted octanol–water partition coefficient (Wildman–Crippen LogP) is 5.71. The third kappa shape index (κ3) is 8.10. The Balaban J connectivity index is 1.77.